The number of carbonyl (C=O) groups is 2. The molecule has 31 heavy (non-hydrogen) atoms. The minimum Gasteiger partial charge on any atom is -0.349 e. The fourth-order valence-electron chi connectivity index (χ4n) is 3.74. The van der Waals surface area contributed by atoms with Crippen molar-refractivity contribution < 1.29 is 18.0 Å². The van der Waals surface area contributed by atoms with E-state index < -0.39 is 9.84 Å². The van der Waals surface area contributed by atoms with E-state index in [1.54, 1.807) is 48.5 Å². The van der Waals surface area contributed by atoms with E-state index in [1.807, 2.05) is 0 Å². The number of amides is 2. The average Bonchev–Trinajstić information content (AvgIpc) is 3.39. The van der Waals surface area contributed by atoms with Gasteiger partial charge in [-0.05, 0) is 67.7 Å². The molecule has 0 radical (unpaired) electrons. The van der Waals surface area contributed by atoms with E-state index in [4.69, 9.17) is 0 Å². The topological polar surface area (TPSA) is 92.3 Å². The second-order valence-corrected chi connectivity index (χ2v) is 10.4. The number of anilines is 1. The number of rotatable bonds is 7. The van der Waals surface area contributed by atoms with Crippen molar-refractivity contribution in [2.75, 3.05) is 5.32 Å². The third-order valence-corrected chi connectivity index (χ3v) is 7.94. The molecule has 4 rings (SSSR count). The molecule has 2 aliphatic rings. The zero-order chi connectivity index (χ0) is 21.8. The molecule has 0 unspecified atom stereocenters. The molecule has 0 heterocycles. The van der Waals surface area contributed by atoms with Gasteiger partial charge in [0.25, 0.3) is 5.91 Å². The fraction of sp³-hybridized carbons (Fsp3) is 0.333. The molecular weight excluding hydrogens is 412 g/mol. The van der Waals surface area contributed by atoms with Crippen molar-refractivity contribution >= 4 is 33.4 Å². The lowest BCUT2D eigenvalue weighted by Gasteiger charge is -2.12. The Morgan fingerprint density at radius 3 is 2.32 bits per heavy atom. The van der Waals surface area contributed by atoms with E-state index >= 15 is 0 Å². The molecular formula is C24H26N2O4S. The predicted octanol–water partition coefficient (Wildman–Crippen LogP) is 3.95. The molecule has 6 nitrogen and oxygen atoms in total. The Labute approximate surface area is 182 Å². The van der Waals surface area contributed by atoms with Crippen LogP contribution in [0.1, 0.15) is 54.4 Å². The molecule has 2 saturated carbocycles. The zero-order valence-corrected chi connectivity index (χ0v) is 18.0. The summed E-state index contributed by atoms with van der Waals surface area (Å²) in [6.45, 7) is 0. The largest absolute Gasteiger partial charge is 0.349 e. The van der Waals surface area contributed by atoms with Gasteiger partial charge < -0.3 is 10.6 Å². The van der Waals surface area contributed by atoms with Crippen LogP contribution >= 0.6 is 0 Å². The van der Waals surface area contributed by atoms with Gasteiger partial charge in [0.15, 0.2) is 9.84 Å². The van der Waals surface area contributed by atoms with Crippen molar-refractivity contribution in [2.45, 2.75) is 54.7 Å². The van der Waals surface area contributed by atoms with Gasteiger partial charge in [0.1, 0.15) is 0 Å². The van der Waals surface area contributed by atoms with Crippen LogP contribution in [0.5, 0.6) is 0 Å². The smallest absolute Gasteiger partial charge is 0.251 e. The summed E-state index contributed by atoms with van der Waals surface area (Å²) >= 11 is 0. The highest BCUT2D eigenvalue weighted by molar-refractivity contribution is 7.92. The number of nitrogens with one attached hydrogen (secondary N) is 2. The fourth-order valence-corrected chi connectivity index (χ4v) is 5.64. The maximum atomic E-state index is 12.8. The maximum absolute atomic E-state index is 12.8. The van der Waals surface area contributed by atoms with Crippen LogP contribution in [0.25, 0.3) is 6.08 Å². The molecule has 2 N–H and O–H groups in total. The molecule has 0 aromatic heterocycles. The van der Waals surface area contributed by atoms with Gasteiger partial charge >= 0.3 is 0 Å². The van der Waals surface area contributed by atoms with Crippen LogP contribution in [0.15, 0.2) is 59.5 Å². The third-order valence-electron chi connectivity index (χ3n) is 5.68. The summed E-state index contributed by atoms with van der Waals surface area (Å²) in [6.07, 6.45) is 8.39. The summed E-state index contributed by atoms with van der Waals surface area (Å²) < 4.78 is 25.5. The number of sulfone groups is 1. The van der Waals surface area contributed by atoms with Gasteiger partial charge in [0, 0.05) is 23.4 Å². The molecule has 0 spiro atoms. The minimum absolute atomic E-state index is 0.0804. The first-order chi connectivity index (χ1) is 14.9. The molecule has 2 fully saturated rings. The van der Waals surface area contributed by atoms with E-state index in [1.165, 1.54) is 12.1 Å². The first kappa shape index (κ1) is 21.3. The Bertz CT molecular complexity index is 1100. The minimum atomic E-state index is -3.37. The van der Waals surface area contributed by atoms with Crippen molar-refractivity contribution in [3.63, 3.8) is 0 Å². The van der Waals surface area contributed by atoms with Gasteiger partial charge in [-0.15, -0.1) is 0 Å². The van der Waals surface area contributed by atoms with Gasteiger partial charge in [-0.3, -0.25) is 9.59 Å². The summed E-state index contributed by atoms with van der Waals surface area (Å²) in [5, 5.41) is 5.33. The van der Waals surface area contributed by atoms with Crippen molar-refractivity contribution in [2.24, 2.45) is 0 Å². The molecule has 7 heteroatoms. The summed E-state index contributed by atoms with van der Waals surface area (Å²) in [5.41, 5.74) is 1.82. The monoisotopic (exact) mass is 438 g/mol. The van der Waals surface area contributed by atoms with Crippen molar-refractivity contribution in [3.05, 3.63) is 65.7 Å². The number of hydrogen-bond donors (Lipinski definition) is 2. The molecule has 0 bridgehead atoms. The number of carbonyl (C=O) groups excluding carboxylic acids is 2. The SMILES string of the molecule is O=C(/C=C/c1ccc(C(=O)NC2CC2)cc1)Nc1cccc(S(=O)(=O)C2CCCC2)c1. The van der Waals surface area contributed by atoms with Crippen LogP contribution < -0.4 is 10.6 Å². The first-order valence-corrected chi connectivity index (χ1v) is 12.2. The zero-order valence-electron chi connectivity index (χ0n) is 17.2. The van der Waals surface area contributed by atoms with Crippen LogP contribution in [-0.4, -0.2) is 31.5 Å². The lowest BCUT2D eigenvalue weighted by atomic mass is 10.1. The van der Waals surface area contributed by atoms with E-state index in [2.05, 4.69) is 10.6 Å². The molecule has 0 saturated heterocycles. The van der Waals surface area contributed by atoms with Gasteiger partial charge in [0.2, 0.25) is 5.91 Å². The molecule has 0 atom stereocenters. The number of benzene rings is 2. The standard InChI is InChI=1S/C24H26N2O4S/c27-23(15-10-17-8-11-18(12-9-17)24(28)26-19-13-14-19)25-20-4-3-7-22(16-20)31(29,30)21-5-1-2-6-21/h3-4,7-12,15-16,19,21H,1-2,5-6,13-14H2,(H,25,27)(H,26,28)/b15-10+. The highest BCUT2D eigenvalue weighted by atomic mass is 32.2. The Morgan fingerprint density at radius 1 is 0.935 bits per heavy atom. The molecule has 2 aromatic rings. The van der Waals surface area contributed by atoms with Gasteiger partial charge in [-0.2, -0.15) is 0 Å². The van der Waals surface area contributed by atoms with E-state index in [9.17, 15) is 18.0 Å². The van der Waals surface area contributed by atoms with Gasteiger partial charge in [-0.25, -0.2) is 8.42 Å². The molecule has 2 aromatic carbocycles. The molecule has 0 aliphatic heterocycles. The number of hydrogen-bond acceptors (Lipinski definition) is 4. The van der Waals surface area contributed by atoms with Crippen LogP contribution in [0, 0.1) is 0 Å². The highest BCUT2D eigenvalue weighted by Crippen LogP contribution is 2.30. The summed E-state index contributed by atoms with van der Waals surface area (Å²) in [5.74, 6) is -0.436. The quantitative estimate of drug-likeness (QED) is 0.641. The Hall–Kier alpha value is -2.93. The van der Waals surface area contributed by atoms with E-state index in [0.717, 1.165) is 31.2 Å². The Kier molecular flexibility index (Phi) is 6.23. The molecule has 2 amide bonds. The maximum Gasteiger partial charge on any atom is 0.251 e. The Balaban J connectivity index is 1.37. The molecule has 2 aliphatic carbocycles. The van der Waals surface area contributed by atoms with Crippen molar-refractivity contribution in [1.29, 1.82) is 0 Å². The van der Waals surface area contributed by atoms with Crippen LogP contribution in [-0.2, 0) is 14.6 Å². The first-order valence-electron chi connectivity index (χ1n) is 10.7. The third kappa shape index (κ3) is 5.41. The van der Waals surface area contributed by atoms with Crippen LogP contribution in [0.2, 0.25) is 0 Å². The lowest BCUT2D eigenvalue weighted by Crippen LogP contribution is -2.25. The van der Waals surface area contributed by atoms with Gasteiger partial charge in [0.05, 0.1) is 10.1 Å². The average molecular weight is 439 g/mol. The van der Waals surface area contributed by atoms with E-state index in [0.29, 0.717) is 30.1 Å². The summed E-state index contributed by atoms with van der Waals surface area (Å²) in [6, 6.07) is 13.7. The van der Waals surface area contributed by atoms with E-state index in [-0.39, 0.29) is 22.0 Å². The van der Waals surface area contributed by atoms with Gasteiger partial charge in [-0.1, -0.05) is 31.0 Å². The second kappa shape index (κ2) is 9.06. The van der Waals surface area contributed by atoms with Crippen LogP contribution in [0.4, 0.5) is 5.69 Å². The predicted molar refractivity (Wildman–Crippen MR) is 120 cm³/mol. The summed E-state index contributed by atoms with van der Waals surface area (Å²) in [7, 11) is -3.37. The second-order valence-electron chi connectivity index (χ2n) is 8.17. The van der Waals surface area contributed by atoms with Crippen LogP contribution in [0.3, 0.4) is 0 Å². The van der Waals surface area contributed by atoms with Crippen molar-refractivity contribution in [1.82, 2.24) is 5.32 Å². The lowest BCUT2D eigenvalue weighted by molar-refractivity contribution is -0.111. The Morgan fingerprint density at radius 2 is 1.65 bits per heavy atom. The summed E-state index contributed by atoms with van der Waals surface area (Å²) in [4.78, 5) is 24.6. The van der Waals surface area contributed by atoms with Crippen molar-refractivity contribution in [3.8, 4) is 0 Å². The normalized spacial score (nSPS) is 17.0. The molecule has 162 valence electrons. The highest BCUT2D eigenvalue weighted by Gasteiger charge is 2.30.